The first-order valence-corrected chi connectivity index (χ1v) is 6.09. The van der Waals surface area contributed by atoms with Crippen LogP contribution in [-0.4, -0.2) is 30.2 Å². The van der Waals surface area contributed by atoms with Crippen LogP contribution >= 0.6 is 0 Å². The van der Waals surface area contributed by atoms with Crippen molar-refractivity contribution < 1.29 is 19.4 Å². The molecule has 6 nitrogen and oxygen atoms in total. The predicted molar refractivity (Wildman–Crippen MR) is 70.0 cm³/mol. The largest absolute Gasteiger partial charge is 0.478 e. The fourth-order valence-corrected chi connectivity index (χ4v) is 2.03. The molecule has 0 aromatic heterocycles. The number of carboxylic acids is 1. The van der Waals surface area contributed by atoms with E-state index in [0.717, 1.165) is 12.8 Å². The molecule has 0 aliphatic carbocycles. The number of nitrogens with one attached hydrogen (secondary N) is 1. The first kappa shape index (κ1) is 13.4. The Kier molecular flexibility index (Phi) is 4.01. The van der Waals surface area contributed by atoms with Gasteiger partial charge in [-0.05, 0) is 31.0 Å². The maximum absolute atomic E-state index is 12.0. The molecule has 1 aromatic rings. The summed E-state index contributed by atoms with van der Waals surface area (Å²) >= 11 is 0. The number of amides is 1. The van der Waals surface area contributed by atoms with Gasteiger partial charge >= 0.3 is 5.97 Å². The van der Waals surface area contributed by atoms with Gasteiger partial charge in [-0.25, -0.2) is 4.79 Å². The van der Waals surface area contributed by atoms with Gasteiger partial charge < -0.3 is 20.9 Å². The van der Waals surface area contributed by atoms with Crippen molar-refractivity contribution in [2.24, 2.45) is 5.92 Å². The van der Waals surface area contributed by atoms with E-state index in [4.69, 9.17) is 15.6 Å². The number of nitrogen functional groups attached to an aromatic ring is 1. The summed E-state index contributed by atoms with van der Waals surface area (Å²) in [6.07, 6.45) is 1.58. The molecule has 1 fully saturated rings. The molecule has 4 N–H and O–H groups in total. The molecule has 0 bridgehead atoms. The van der Waals surface area contributed by atoms with Crippen LogP contribution in [0.25, 0.3) is 0 Å². The van der Waals surface area contributed by atoms with E-state index < -0.39 is 5.97 Å². The zero-order chi connectivity index (χ0) is 13.8. The highest BCUT2D eigenvalue weighted by molar-refractivity contribution is 6.01. The van der Waals surface area contributed by atoms with Gasteiger partial charge in [0.2, 0.25) is 5.91 Å². The number of carboxylic acid groups (broad SMARTS) is 1. The van der Waals surface area contributed by atoms with Gasteiger partial charge in [-0.1, -0.05) is 0 Å². The molecule has 0 radical (unpaired) electrons. The Morgan fingerprint density at radius 1 is 1.42 bits per heavy atom. The number of benzene rings is 1. The topological polar surface area (TPSA) is 102 Å². The lowest BCUT2D eigenvalue weighted by molar-refractivity contribution is -0.123. The summed E-state index contributed by atoms with van der Waals surface area (Å²) in [6.45, 7) is 1.04. The van der Waals surface area contributed by atoms with Crippen LogP contribution in [0, 0.1) is 5.92 Å². The minimum absolute atomic E-state index is 0.0271. The van der Waals surface area contributed by atoms with E-state index in [-0.39, 0.29) is 23.1 Å². The summed E-state index contributed by atoms with van der Waals surface area (Å²) in [5.74, 6) is -1.57. The predicted octanol–water partition coefficient (Wildman–Crippen LogP) is 1.33. The summed E-state index contributed by atoms with van der Waals surface area (Å²) in [5.41, 5.74) is 6.27. The van der Waals surface area contributed by atoms with Gasteiger partial charge in [0, 0.05) is 12.3 Å². The fraction of sp³-hybridized carbons (Fsp3) is 0.385. The van der Waals surface area contributed by atoms with Crippen LogP contribution in [0.15, 0.2) is 18.2 Å². The minimum Gasteiger partial charge on any atom is -0.478 e. The molecule has 1 aliphatic heterocycles. The van der Waals surface area contributed by atoms with Crippen LogP contribution in [0.2, 0.25) is 0 Å². The molecular weight excluding hydrogens is 248 g/mol. The van der Waals surface area contributed by atoms with Gasteiger partial charge in [0.05, 0.1) is 23.8 Å². The zero-order valence-electron chi connectivity index (χ0n) is 10.4. The number of anilines is 2. The Labute approximate surface area is 110 Å². The third kappa shape index (κ3) is 3.23. The van der Waals surface area contributed by atoms with E-state index in [1.54, 1.807) is 0 Å². The highest BCUT2D eigenvalue weighted by Gasteiger charge is 2.23. The van der Waals surface area contributed by atoms with Crippen molar-refractivity contribution >= 4 is 23.3 Å². The Balaban J connectivity index is 2.15. The highest BCUT2D eigenvalue weighted by atomic mass is 16.5. The molecule has 19 heavy (non-hydrogen) atoms. The highest BCUT2D eigenvalue weighted by Crippen LogP contribution is 2.22. The molecule has 1 amide bonds. The number of carbonyl (C=O) groups excluding carboxylic acids is 1. The Morgan fingerprint density at radius 2 is 2.21 bits per heavy atom. The van der Waals surface area contributed by atoms with Crippen LogP contribution in [0.5, 0.6) is 0 Å². The van der Waals surface area contributed by atoms with E-state index in [1.807, 2.05) is 0 Å². The zero-order valence-corrected chi connectivity index (χ0v) is 10.4. The smallest absolute Gasteiger partial charge is 0.337 e. The molecule has 2 rings (SSSR count). The lowest BCUT2D eigenvalue weighted by Crippen LogP contribution is -2.30. The second-order valence-electron chi connectivity index (χ2n) is 4.51. The second-order valence-corrected chi connectivity index (χ2v) is 4.51. The summed E-state index contributed by atoms with van der Waals surface area (Å²) in [4.78, 5) is 23.1. The van der Waals surface area contributed by atoms with E-state index in [9.17, 15) is 9.59 Å². The van der Waals surface area contributed by atoms with Gasteiger partial charge in [0.25, 0.3) is 0 Å². The van der Waals surface area contributed by atoms with Crippen molar-refractivity contribution in [3.63, 3.8) is 0 Å². The molecule has 0 saturated carbocycles. The number of aromatic carboxylic acids is 1. The van der Waals surface area contributed by atoms with Gasteiger partial charge in [-0.15, -0.1) is 0 Å². The standard InChI is InChI=1S/C13H16N2O4/c14-9-3-4-10(13(17)18)11(6-9)15-12(16)8-2-1-5-19-7-8/h3-4,6,8H,1-2,5,7,14H2,(H,15,16)(H,17,18). The summed E-state index contributed by atoms with van der Waals surface area (Å²) in [6, 6.07) is 4.32. The van der Waals surface area contributed by atoms with Crippen molar-refractivity contribution in [3.05, 3.63) is 23.8 Å². The first-order chi connectivity index (χ1) is 9.08. The van der Waals surface area contributed by atoms with Crippen LogP contribution < -0.4 is 11.1 Å². The van der Waals surface area contributed by atoms with Crippen molar-refractivity contribution in [3.8, 4) is 0 Å². The van der Waals surface area contributed by atoms with Crippen LogP contribution in [0.1, 0.15) is 23.2 Å². The van der Waals surface area contributed by atoms with Crippen LogP contribution in [-0.2, 0) is 9.53 Å². The van der Waals surface area contributed by atoms with Crippen molar-refractivity contribution in [2.75, 3.05) is 24.3 Å². The maximum atomic E-state index is 12.0. The molecular formula is C13H16N2O4. The molecule has 1 saturated heterocycles. The molecule has 1 atom stereocenters. The van der Waals surface area contributed by atoms with Gasteiger partial charge in [0.1, 0.15) is 0 Å². The molecule has 1 aliphatic rings. The number of carbonyl (C=O) groups is 2. The minimum atomic E-state index is -1.10. The monoisotopic (exact) mass is 264 g/mol. The number of hydrogen-bond acceptors (Lipinski definition) is 4. The molecule has 6 heteroatoms. The summed E-state index contributed by atoms with van der Waals surface area (Å²) in [7, 11) is 0. The van der Waals surface area contributed by atoms with Crippen molar-refractivity contribution in [1.29, 1.82) is 0 Å². The summed E-state index contributed by atoms with van der Waals surface area (Å²) in [5, 5.41) is 11.7. The maximum Gasteiger partial charge on any atom is 0.337 e. The average Bonchev–Trinajstić information content (AvgIpc) is 2.39. The molecule has 1 heterocycles. The van der Waals surface area contributed by atoms with Gasteiger partial charge in [0.15, 0.2) is 0 Å². The van der Waals surface area contributed by atoms with Crippen LogP contribution in [0.4, 0.5) is 11.4 Å². The fourth-order valence-electron chi connectivity index (χ4n) is 2.03. The Hall–Kier alpha value is -2.08. The third-order valence-electron chi connectivity index (χ3n) is 3.06. The van der Waals surface area contributed by atoms with Gasteiger partial charge in [-0.3, -0.25) is 4.79 Å². The van der Waals surface area contributed by atoms with E-state index in [1.165, 1.54) is 18.2 Å². The second kappa shape index (κ2) is 5.71. The molecule has 102 valence electrons. The number of ether oxygens (including phenoxy) is 1. The SMILES string of the molecule is Nc1ccc(C(=O)O)c(NC(=O)C2CCCOC2)c1. The number of rotatable bonds is 3. The Morgan fingerprint density at radius 3 is 2.84 bits per heavy atom. The lowest BCUT2D eigenvalue weighted by Gasteiger charge is -2.21. The molecule has 1 unspecified atom stereocenters. The third-order valence-corrected chi connectivity index (χ3v) is 3.06. The van der Waals surface area contributed by atoms with Crippen molar-refractivity contribution in [2.45, 2.75) is 12.8 Å². The molecule has 1 aromatic carbocycles. The Bertz CT molecular complexity index is 495. The first-order valence-electron chi connectivity index (χ1n) is 6.09. The lowest BCUT2D eigenvalue weighted by atomic mass is 10.0. The van der Waals surface area contributed by atoms with Gasteiger partial charge in [-0.2, -0.15) is 0 Å². The van der Waals surface area contributed by atoms with Crippen LogP contribution in [0.3, 0.4) is 0 Å². The quantitative estimate of drug-likeness (QED) is 0.715. The normalized spacial score (nSPS) is 18.8. The van der Waals surface area contributed by atoms with Crippen molar-refractivity contribution in [1.82, 2.24) is 0 Å². The molecule has 0 spiro atoms. The number of nitrogens with two attached hydrogens (primary N) is 1. The van der Waals surface area contributed by atoms with E-state index in [2.05, 4.69) is 5.32 Å². The van der Waals surface area contributed by atoms with E-state index >= 15 is 0 Å². The van der Waals surface area contributed by atoms with E-state index in [0.29, 0.717) is 18.9 Å². The average molecular weight is 264 g/mol. The summed E-state index contributed by atoms with van der Waals surface area (Å²) < 4.78 is 5.24. The number of hydrogen-bond donors (Lipinski definition) is 3.